The first-order chi connectivity index (χ1) is 9.27. The van der Waals surface area contributed by atoms with Crippen LogP contribution in [0.3, 0.4) is 0 Å². The number of nitrogens with one attached hydrogen (secondary N) is 1. The molecule has 7 heteroatoms. The fraction of sp³-hybridized carbons (Fsp3) is 0.154. The lowest BCUT2D eigenvalue weighted by Gasteiger charge is -2.14. The van der Waals surface area contributed by atoms with Gasteiger partial charge in [-0.05, 0) is 30.7 Å². The second kappa shape index (κ2) is 5.32. The Hall–Kier alpha value is -1.76. The van der Waals surface area contributed by atoms with Gasteiger partial charge in [-0.3, -0.25) is 0 Å². The third-order valence-electron chi connectivity index (χ3n) is 2.69. The zero-order chi connectivity index (χ0) is 14.9. The number of alkyl halides is 3. The van der Waals surface area contributed by atoms with Gasteiger partial charge in [-0.2, -0.15) is 13.2 Å². The minimum atomic E-state index is -4.50. The Morgan fingerprint density at radius 2 is 1.90 bits per heavy atom. The number of anilines is 3. The number of nitrogens with two attached hydrogens (primary N) is 1. The molecule has 0 aliphatic carbocycles. The predicted molar refractivity (Wildman–Crippen MR) is 75.8 cm³/mol. The smallest absolute Gasteiger partial charge is 0.396 e. The van der Waals surface area contributed by atoms with Gasteiger partial charge in [0.05, 0.1) is 17.6 Å². The monoisotopic (exact) mass is 345 g/mol. The molecule has 0 fully saturated rings. The maximum atomic E-state index is 12.6. The maximum absolute atomic E-state index is 12.6. The van der Waals surface area contributed by atoms with Crippen LogP contribution in [0, 0.1) is 6.92 Å². The minimum Gasteiger partial charge on any atom is -0.396 e. The topological polar surface area (TPSA) is 50.9 Å². The Bertz CT molecular complexity index is 641. The van der Waals surface area contributed by atoms with Crippen molar-refractivity contribution in [1.29, 1.82) is 0 Å². The molecule has 20 heavy (non-hydrogen) atoms. The summed E-state index contributed by atoms with van der Waals surface area (Å²) in [5, 5.41) is 2.90. The van der Waals surface area contributed by atoms with Crippen molar-refractivity contribution in [2.45, 2.75) is 13.1 Å². The number of benzene rings is 1. The molecule has 3 N–H and O–H groups in total. The number of hydrogen-bond acceptors (Lipinski definition) is 3. The van der Waals surface area contributed by atoms with E-state index in [1.54, 1.807) is 6.07 Å². The molecule has 0 amide bonds. The van der Waals surface area contributed by atoms with E-state index in [9.17, 15) is 13.2 Å². The summed E-state index contributed by atoms with van der Waals surface area (Å²) in [6, 6.07) is 6.35. The van der Waals surface area contributed by atoms with E-state index in [0.717, 1.165) is 22.3 Å². The van der Waals surface area contributed by atoms with Gasteiger partial charge in [0.15, 0.2) is 0 Å². The van der Waals surface area contributed by atoms with E-state index in [0.29, 0.717) is 5.69 Å². The van der Waals surface area contributed by atoms with E-state index < -0.39 is 11.9 Å². The summed E-state index contributed by atoms with van der Waals surface area (Å²) in [5.74, 6) is 0. The molecular weight excluding hydrogens is 335 g/mol. The average molecular weight is 346 g/mol. The number of rotatable bonds is 2. The lowest BCUT2D eigenvalue weighted by Crippen LogP contribution is -2.09. The largest absolute Gasteiger partial charge is 0.433 e. The van der Waals surface area contributed by atoms with Crippen molar-refractivity contribution in [3.05, 3.63) is 46.2 Å². The molecule has 1 aromatic heterocycles. The van der Waals surface area contributed by atoms with Crippen LogP contribution in [0.1, 0.15) is 11.3 Å². The summed E-state index contributed by atoms with van der Waals surface area (Å²) in [4.78, 5) is 3.29. The number of nitrogen functional groups attached to an aromatic ring is 1. The lowest BCUT2D eigenvalue weighted by molar-refractivity contribution is -0.141. The highest BCUT2D eigenvalue weighted by atomic mass is 79.9. The van der Waals surface area contributed by atoms with Gasteiger partial charge >= 0.3 is 6.18 Å². The van der Waals surface area contributed by atoms with E-state index in [1.165, 1.54) is 0 Å². The molecule has 1 aromatic carbocycles. The van der Waals surface area contributed by atoms with Crippen molar-refractivity contribution in [3.63, 3.8) is 0 Å². The first-order valence-corrected chi connectivity index (χ1v) is 6.42. The third kappa shape index (κ3) is 3.22. The van der Waals surface area contributed by atoms with Crippen molar-refractivity contribution in [2.75, 3.05) is 11.1 Å². The molecular formula is C13H11BrF3N3. The summed E-state index contributed by atoms with van der Waals surface area (Å²) in [5.41, 5.74) is 6.56. The molecule has 2 aromatic rings. The zero-order valence-electron chi connectivity index (χ0n) is 10.4. The summed E-state index contributed by atoms with van der Waals surface area (Å²) < 4.78 is 38.7. The summed E-state index contributed by atoms with van der Waals surface area (Å²) >= 11 is 3.31. The van der Waals surface area contributed by atoms with Crippen LogP contribution in [-0.2, 0) is 6.18 Å². The van der Waals surface area contributed by atoms with E-state index in [-0.39, 0.29) is 11.4 Å². The van der Waals surface area contributed by atoms with Gasteiger partial charge in [-0.25, -0.2) is 4.98 Å². The quantitative estimate of drug-likeness (QED) is 0.842. The van der Waals surface area contributed by atoms with Crippen molar-refractivity contribution in [3.8, 4) is 0 Å². The highest BCUT2D eigenvalue weighted by Gasteiger charge is 2.33. The lowest BCUT2D eigenvalue weighted by atomic mass is 10.2. The van der Waals surface area contributed by atoms with Crippen molar-refractivity contribution < 1.29 is 13.2 Å². The van der Waals surface area contributed by atoms with Crippen molar-refractivity contribution in [1.82, 2.24) is 4.98 Å². The fourth-order valence-electron chi connectivity index (χ4n) is 1.60. The molecule has 2 rings (SSSR count). The Labute approximate surface area is 122 Å². The third-order valence-corrected chi connectivity index (χ3v) is 3.19. The van der Waals surface area contributed by atoms with Gasteiger partial charge in [-0.15, -0.1) is 0 Å². The number of aromatic nitrogens is 1. The zero-order valence-corrected chi connectivity index (χ0v) is 12.0. The van der Waals surface area contributed by atoms with Crippen LogP contribution in [0.4, 0.5) is 30.2 Å². The molecule has 0 saturated carbocycles. The highest BCUT2D eigenvalue weighted by molar-refractivity contribution is 9.10. The second-order valence-corrected chi connectivity index (χ2v) is 5.15. The first-order valence-electron chi connectivity index (χ1n) is 5.63. The number of hydrogen-bond donors (Lipinski definition) is 2. The second-order valence-electron chi connectivity index (χ2n) is 4.24. The molecule has 0 spiro atoms. The normalized spacial score (nSPS) is 11.4. The molecule has 0 aliphatic rings. The minimum absolute atomic E-state index is 0.150. The Balaban J connectivity index is 2.40. The molecule has 0 radical (unpaired) electrons. The van der Waals surface area contributed by atoms with Crippen LogP contribution in [-0.4, -0.2) is 4.98 Å². The maximum Gasteiger partial charge on any atom is 0.433 e. The molecule has 0 unspecified atom stereocenters. The number of halogens is 4. The van der Waals surface area contributed by atoms with Crippen LogP contribution in [0.2, 0.25) is 0 Å². The standard InChI is InChI=1S/C13H11BrF3N3/c1-7-2-3-8(14)4-10(7)20-11-5-12(13(15,16)17)19-6-9(11)18/h2-6H,18H2,1H3,(H,19,20). The van der Waals surface area contributed by atoms with Gasteiger partial charge in [-0.1, -0.05) is 22.0 Å². The Kier molecular flexibility index (Phi) is 3.89. The van der Waals surface area contributed by atoms with E-state index >= 15 is 0 Å². The molecule has 1 heterocycles. The van der Waals surface area contributed by atoms with E-state index in [1.807, 2.05) is 19.1 Å². The predicted octanol–water partition coefficient (Wildman–Crippen LogP) is 4.50. The van der Waals surface area contributed by atoms with E-state index in [2.05, 4.69) is 26.2 Å². The molecule has 106 valence electrons. The van der Waals surface area contributed by atoms with Crippen LogP contribution in [0.15, 0.2) is 34.9 Å². The summed E-state index contributed by atoms with van der Waals surface area (Å²) in [6.07, 6.45) is -3.51. The van der Waals surface area contributed by atoms with Gasteiger partial charge in [0.1, 0.15) is 5.69 Å². The van der Waals surface area contributed by atoms with Crippen LogP contribution in [0.25, 0.3) is 0 Å². The van der Waals surface area contributed by atoms with Gasteiger partial charge in [0.2, 0.25) is 0 Å². The summed E-state index contributed by atoms with van der Waals surface area (Å²) in [7, 11) is 0. The van der Waals surface area contributed by atoms with Crippen LogP contribution >= 0.6 is 15.9 Å². The van der Waals surface area contributed by atoms with Crippen LogP contribution in [0.5, 0.6) is 0 Å². The summed E-state index contributed by atoms with van der Waals surface area (Å²) in [6.45, 7) is 1.84. The molecule has 0 atom stereocenters. The highest BCUT2D eigenvalue weighted by Crippen LogP contribution is 2.33. The number of nitrogens with zero attached hydrogens (tertiary/aromatic N) is 1. The van der Waals surface area contributed by atoms with Gasteiger partial charge < -0.3 is 11.1 Å². The van der Waals surface area contributed by atoms with Crippen molar-refractivity contribution in [2.24, 2.45) is 0 Å². The Morgan fingerprint density at radius 3 is 2.55 bits per heavy atom. The van der Waals surface area contributed by atoms with Crippen LogP contribution < -0.4 is 11.1 Å². The number of aryl methyl sites for hydroxylation is 1. The van der Waals surface area contributed by atoms with E-state index in [4.69, 9.17) is 5.73 Å². The average Bonchev–Trinajstić information content (AvgIpc) is 2.35. The van der Waals surface area contributed by atoms with Crippen molar-refractivity contribution >= 4 is 33.0 Å². The van der Waals surface area contributed by atoms with Gasteiger partial charge in [0.25, 0.3) is 0 Å². The van der Waals surface area contributed by atoms with Gasteiger partial charge in [0, 0.05) is 10.2 Å². The SMILES string of the molecule is Cc1ccc(Br)cc1Nc1cc(C(F)(F)F)ncc1N. The Morgan fingerprint density at radius 1 is 1.20 bits per heavy atom. The molecule has 0 saturated heterocycles. The fourth-order valence-corrected chi connectivity index (χ4v) is 1.96. The molecule has 0 bridgehead atoms. The first kappa shape index (κ1) is 14.6. The molecule has 0 aliphatic heterocycles. The molecule has 3 nitrogen and oxygen atoms in total. The number of pyridine rings is 1.